The lowest BCUT2D eigenvalue weighted by Gasteiger charge is -2.29. The molecule has 1 aliphatic rings. The molecule has 0 saturated heterocycles. The van der Waals surface area contributed by atoms with Crippen molar-refractivity contribution in [1.29, 1.82) is 5.41 Å². The molecule has 1 atom stereocenters. The van der Waals surface area contributed by atoms with Crippen LogP contribution in [0.2, 0.25) is 0 Å². The van der Waals surface area contributed by atoms with E-state index in [4.69, 9.17) is 23.7 Å². The summed E-state index contributed by atoms with van der Waals surface area (Å²) in [5.41, 5.74) is 3.69. The number of ether oxygens (including phenoxy) is 5. The van der Waals surface area contributed by atoms with Crippen molar-refractivity contribution in [2.45, 2.75) is 32.7 Å². The highest BCUT2D eigenvalue weighted by Crippen LogP contribution is 2.47. The maximum absolute atomic E-state index is 10.1. The zero-order valence-corrected chi connectivity index (χ0v) is 23.1. The van der Waals surface area contributed by atoms with Gasteiger partial charge in [-0.3, -0.25) is 5.41 Å². The van der Waals surface area contributed by atoms with Gasteiger partial charge in [0.1, 0.15) is 23.3 Å². The summed E-state index contributed by atoms with van der Waals surface area (Å²) in [7, 11) is 3.19. The van der Waals surface area contributed by atoms with Crippen LogP contribution in [0.1, 0.15) is 42.0 Å². The predicted molar refractivity (Wildman–Crippen MR) is 149 cm³/mol. The van der Waals surface area contributed by atoms with Gasteiger partial charge in [-0.05, 0) is 61.7 Å². The number of nitrogens with zero attached hydrogens (tertiary/aromatic N) is 2. The molecule has 208 valence electrons. The minimum Gasteiger partial charge on any atom is -0.508 e. The number of phenols is 1. The number of phenolic OH excluding ortho intramolecular Hbond substituents is 1. The van der Waals surface area contributed by atoms with Crippen LogP contribution in [0.4, 0.5) is 0 Å². The van der Waals surface area contributed by atoms with Gasteiger partial charge in [0.2, 0.25) is 5.88 Å². The Bertz CT molecular complexity index is 1580. The van der Waals surface area contributed by atoms with Crippen LogP contribution in [0.25, 0.3) is 0 Å². The third-order valence-electron chi connectivity index (χ3n) is 6.88. The smallest absolute Gasteiger partial charge is 0.228 e. The fourth-order valence-corrected chi connectivity index (χ4v) is 5.01. The highest BCUT2D eigenvalue weighted by Gasteiger charge is 2.33. The molecule has 0 unspecified atom stereocenters. The molecule has 0 bridgehead atoms. The maximum Gasteiger partial charge on any atom is 0.228 e. The number of nitrogens with one attached hydrogen (secondary N) is 1. The van der Waals surface area contributed by atoms with Gasteiger partial charge in [-0.15, -0.1) is 0 Å². The zero-order valence-electron chi connectivity index (χ0n) is 23.1. The molecule has 3 aromatic carbocycles. The molecule has 40 heavy (non-hydrogen) atoms. The van der Waals surface area contributed by atoms with Gasteiger partial charge in [0.05, 0.1) is 33.0 Å². The van der Waals surface area contributed by atoms with Crippen LogP contribution in [0.3, 0.4) is 0 Å². The molecular formula is C31H33N3O6. The highest BCUT2D eigenvalue weighted by molar-refractivity contribution is 5.59. The molecular weight excluding hydrogens is 510 g/mol. The Morgan fingerprint density at radius 1 is 0.900 bits per heavy atom. The molecule has 0 fully saturated rings. The van der Waals surface area contributed by atoms with Crippen molar-refractivity contribution < 1.29 is 28.8 Å². The summed E-state index contributed by atoms with van der Waals surface area (Å²) in [6.45, 7) is 5.52. The lowest BCUT2D eigenvalue weighted by atomic mass is 9.83. The summed E-state index contributed by atoms with van der Waals surface area (Å²) < 4.78 is 30.4. The second kappa shape index (κ2) is 11.6. The van der Waals surface area contributed by atoms with Crippen LogP contribution in [0, 0.1) is 5.41 Å². The molecule has 2 N–H and O–H groups in total. The molecule has 2 heterocycles. The summed E-state index contributed by atoms with van der Waals surface area (Å²) in [5, 5.41) is 19.3. The van der Waals surface area contributed by atoms with Crippen LogP contribution in [0.5, 0.6) is 40.4 Å². The van der Waals surface area contributed by atoms with E-state index in [1.807, 2.05) is 60.9 Å². The van der Waals surface area contributed by atoms with Crippen molar-refractivity contribution in [2.24, 2.45) is 0 Å². The SMILES string of the molecule is CCOc1ccc(CCn2cnc3c(c2=N)[C@H](c2ccc(OC)c(OC)c2)c2ccc(O)cc2O3)cc1OCC. The number of aromatic hydroxyl groups is 1. The number of aryl methyl sites for hydroxylation is 2. The molecule has 5 rings (SSSR count). The van der Waals surface area contributed by atoms with Crippen LogP contribution in [-0.2, 0) is 13.0 Å². The fraction of sp³-hybridized carbons (Fsp3) is 0.290. The predicted octanol–water partition coefficient (Wildman–Crippen LogP) is 5.41. The molecule has 1 aliphatic heterocycles. The second-order valence-electron chi connectivity index (χ2n) is 9.27. The van der Waals surface area contributed by atoms with Crippen molar-refractivity contribution in [1.82, 2.24) is 9.55 Å². The average Bonchev–Trinajstić information content (AvgIpc) is 2.96. The Labute approximate surface area is 233 Å². The molecule has 0 saturated carbocycles. The lowest BCUT2D eigenvalue weighted by molar-refractivity contribution is 0.287. The number of aromatic nitrogens is 2. The van der Waals surface area contributed by atoms with Gasteiger partial charge in [-0.1, -0.05) is 18.2 Å². The van der Waals surface area contributed by atoms with Gasteiger partial charge in [0, 0.05) is 24.1 Å². The Balaban J connectivity index is 1.54. The summed E-state index contributed by atoms with van der Waals surface area (Å²) >= 11 is 0. The summed E-state index contributed by atoms with van der Waals surface area (Å²) in [6.07, 6.45) is 2.29. The Morgan fingerprint density at radius 3 is 2.40 bits per heavy atom. The van der Waals surface area contributed by atoms with Crippen LogP contribution in [0.15, 0.2) is 60.9 Å². The standard InChI is InChI=1S/C31H33N3O6/c1-5-38-24-11-7-19(15-27(24)39-6-2)13-14-34-18-33-31-29(30(34)32)28(22-10-9-21(35)17-25(22)40-31)20-8-12-23(36-3)26(16-20)37-4/h7-12,15-18,28,32,35H,5-6,13-14H2,1-4H3/t28-/m1/s1. The van der Waals surface area contributed by atoms with E-state index in [2.05, 4.69) is 4.98 Å². The van der Waals surface area contributed by atoms with E-state index in [0.29, 0.717) is 66.1 Å². The van der Waals surface area contributed by atoms with Gasteiger partial charge in [0.25, 0.3) is 0 Å². The third-order valence-corrected chi connectivity index (χ3v) is 6.88. The fourth-order valence-electron chi connectivity index (χ4n) is 5.01. The Kier molecular flexibility index (Phi) is 7.82. The molecule has 9 heteroatoms. The first-order valence-electron chi connectivity index (χ1n) is 13.2. The van der Waals surface area contributed by atoms with Gasteiger partial charge >= 0.3 is 0 Å². The van der Waals surface area contributed by atoms with Gasteiger partial charge in [0.15, 0.2) is 23.0 Å². The van der Waals surface area contributed by atoms with Crippen molar-refractivity contribution in [3.05, 3.63) is 88.7 Å². The van der Waals surface area contributed by atoms with Gasteiger partial charge in [-0.25, -0.2) is 4.98 Å². The quantitative estimate of drug-likeness (QED) is 0.242. The summed E-state index contributed by atoms with van der Waals surface area (Å²) in [6, 6.07) is 16.6. The van der Waals surface area contributed by atoms with E-state index < -0.39 is 0 Å². The topological polar surface area (TPSA) is 108 Å². The van der Waals surface area contributed by atoms with Gasteiger partial charge < -0.3 is 33.4 Å². The molecule has 1 aromatic heterocycles. The first kappa shape index (κ1) is 26.9. The maximum atomic E-state index is 10.1. The van der Waals surface area contributed by atoms with Crippen molar-refractivity contribution in [2.75, 3.05) is 27.4 Å². The molecule has 0 amide bonds. The van der Waals surface area contributed by atoms with Crippen LogP contribution in [-0.4, -0.2) is 42.1 Å². The number of fused-ring (bicyclic) bond motifs is 2. The van der Waals surface area contributed by atoms with E-state index >= 15 is 0 Å². The first-order valence-corrected chi connectivity index (χ1v) is 13.2. The van der Waals surface area contributed by atoms with E-state index in [0.717, 1.165) is 22.4 Å². The minimum absolute atomic E-state index is 0.0899. The second-order valence-corrected chi connectivity index (χ2v) is 9.27. The largest absolute Gasteiger partial charge is 0.508 e. The van der Waals surface area contributed by atoms with Crippen molar-refractivity contribution >= 4 is 0 Å². The first-order chi connectivity index (χ1) is 19.5. The molecule has 4 aromatic rings. The average molecular weight is 544 g/mol. The molecule has 0 aliphatic carbocycles. The number of methoxy groups -OCH3 is 2. The van der Waals surface area contributed by atoms with E-state index in [-0.39, 0.29) is 11.7 Å². The number of hydrogen-bond acceptors (Lipinski definition) is 8. The minimum atomic E-state index is -0.373. The number of rotatable bonds is 10. The molecule has 0 spiro atoms. The summed E-state index contributed by atoms with van der Waals surface area (Å²) in [4.78, 5) is 4.60. The van der Waals surface area contributed by atoms with Crippen molar-refractivity contribution in [3.8, 4) is 40.4 Å². The van der Waals surface area contributed by atoms with Crippen LogP contribution >= 0.6 is 0 Å². The van der Waals surface area contributed by atoms with E-state index in [9.17, 15) is 10.5 Å². The van der Waals surface area contributed by atoms with E-state index in [1.54, 1.807) is 32.7 Å². The Hall–Kier alpha value is -4.66. The molecule has 0 radical (unpaired) electrons. The number of benzene rings is 3. The lowest BCUT2D eigenvalue weighted by Crippen LogP contribution is -2.30. The van der Waals surface area contributed by atoms with E-state index in [1.165, 1.54) is 0 Å². The molecule has 9 nitrogen and oxygen atoms in total. The van der Waals surface area contributed by atoms with Gasteiger partial charge in [-0.2, -0.15) is 0 Å². The number of hydrogen-bond donors (Lipinski definition) is 2. The third kappa shape index (κ3) is 5.14. The normalized spacial score (nSPS) is 13.6. The van der Waals surface area contributed by atoms with Crippen molar-refractivity contribution in [3.63, 3.8) is 0 Å². The monoisotopic (exact) mass is 543 g/mol. The Morgan fingerprint density at radius 2 is 1.65 bits per heavy atom. The van der Waals surface area contributed by atoms with Crippen LogP contribution < -0.4 is 29.2 Å². The summed E-state index contributed by atoms with van der Waals surface area (Å²) in [5.74, 6) is 3.17. The highest BCUT2D eigenvalue weighted by atomic mass is 16.5. The zero-order chi connectivity index (χ0) is 28.2.